The molecule has 14 rings (SSSR count). The SMILES string of the molecule is c1ccc2cc3c(cc2c1)sc1cc2c4ccccc4c4ccccc4c2c(-c2nc(-c4ccc(-c5cccc6ccccc56)cc4)nc(-c4cccc5oc6ccccc6c45)n2)c13. The number of thiophene rings is 1. The van der Waals surface area contributed by atoms with E-state index in [0.29, 0.717) is 17.5 Å². The Morgan fingerprint density at radius 2 is 0.875 bits per heavy atom. The van der Waals surface area contributed by atoms with Crippen LogP contribution in [0.1, 0.15) is 0 Å². The Balaban J connectivity index is 1.12. The van der Waals surface area contributed by atoms with Crippen LogP contribution < -0.4 is 0 Å². The van der Waals surface area contributed by atoms with Gasteiger partial charge in [0.1, 0.15) is 11.2 Å². The predicted molar refractivity (Wildman–Crippen MR) is 269 cm³/mol. The normalized spacial score (nSPS) is 12.1. The van der Waals surface area contributed by atoms with E-state index in [-0.39, 0.29) is 0 Å². The lowest BCUT2D eigenvalue weighted by Crippen LogP contribution is -2.01. The molecule has 5 heteroatoms. The van der Waals surface area contributed by atoms with Crippen LogP contribution in [0, 0.1) is 0 Å². The third-order valence-corrected chi connectivity index (χ3v) is 14.2. The lowest BCUT2D eigenvalue weighted by molar-refractivity contribution is 0.669. The number of furan rings is 1. The maximum Gasteiger partial charge on any atom is 0.165 e. The van der Waals surface area contributed by atoms with Gasteiger partial charge in [-0.3, -0.25) is 0 Å². The molecule has 0 saturated heterocycles. The van der Waals surface area contributed by atoms with E-state index in [9.17, 15) is 0 Å². The van der Waals surface area contributed by atoms with Crippen LogP contribution in [0.25, 0.3) is 141 Å². The molecular weight excluding hydrogens is 799 g/mol. The molecule has 0 saturated carbocycles. The summed E-state index contributed by atoms with van der Waals surface area (Å²) in [5, 5.41) is 16.3. The molecule has 4 nitrogen and oxygen atoms in total. The van der Waals surface area contributed by atoms with Crippen molar-refractivity contribution in [2.24, 2.45) is 0 Å². The van der Waals surface area contributed by atoms with Gasteiger partial charge in [0.15, 0.2) is 17.5 Å². The Hall–Kier alpha value is -8.25. The minimum Gasteiger partial charge on any atom is -0.456 e. The van der Waals surface area contributed by atoms with Crippen molar-refractivity contribution < 1.29 is 4.42 Å². The number of hydrogen-bond acceptors (Lipinski definition) is 5. The highest BCUT2D eigenvalue weighted by Gasteiger charge is 2.24. The van der Waals surface area contributed by atoms with Gasteiger partial charge in [-0.1, -0.05) is 170 Å². The van der Waals surface area contributed by atoms with Gasteiger partial charge >= 0.3 is 0 Å². The molecule has 3 heterocycles. The Morgan fingerprint density at radius 1 is 0.312 bits per heavy atom. The molecule has 0 N–H and O–H groups in total. The highest BCUT2D eigenvalue weighted by atomic mass is 32.1. The second-order valence-electron chi connectivity index (χ2n) is 16.6. The number of para-hydroxylation sites is 1. The molecule has 0 bridgehead atoms. The second-order valence-corrected chi connectivity index (χ2v) is 17.7. The molecule has 3 aromatic heterocycles. The maximum atomic E-state index is 6.44. The smallest absolute Gasteiger partial charge is 0.165 e. The Kier molecular flexibility index (Phi) is 7.53. The number of fused-ring (bicyclic) bond motifs is 14. The fourth-order valence-corrected chi connectivity index (χ4v) is 11.4. The van der Waals surface area contributed by atoms with E-state index in [1.807, 2.05) is 35.6 Å². The van der Waals surface area contributed by atoms with Crippen LogP contribution in [0.3, 0.4) is 0 Å². The number of aromatic nitrogens is 3. The van der Waals surface area contributed by atoms with Crippen molar-refractivity contribution in [1.82, 2.24) is 15.0 Å². The first kappa shape index (κ1) is 35.4. The van der Waals surface area contributed by atoms with Gasteiger partial charge < -0.3 is 4.42 Å². The van der Waals surface area contributed by atoms with Gasteiger partial charge in [0.05, 0.1) is 0 Å². The van der Waals surface area contributed by atoms with Crippen molar-refractivity contribution >= 4 is 107 Å². The highest BCUT2D eigenvalue weighted by Crippen LogP contribution is 2.49. The number of benzene rings is 11. The monoisotopic (exact) mass is 831 g/mol. The van der Waals surface area contributed by atoms with Crippen LogP contribution >= 0.6 is 11.3 Å². The third kappa shape index (κ3) is 5.25. The average molecular weight is 832 g/mol. The Labute approximate surface area is 370 Å². The van der Waals surface area contributed by atoms with E-state index in [1.165, 1.54) is 68.8 Å². The van der Waals surface area contributed by atoms with Gasteiger partial charge in [0.2, 0.25) is 0 Å². The fraction of sp³-hybridized carbons (Fsp3) is 0. The summed E-state index contributed by atoms with van der Waals surface area (Å²) >= 11 is 1.84. The van der Waals surface area contributed by atoms with Gasteiger partial charge in [-0.05, 0) is 89.9 Å². The molecule has 0 aliphatic rings. The molecule has 296 valence electrons. The summed E-state index contributed by atoms with van der Waals surface area (Å²) in [7, 11) is 0. The zero-order valence-electron chi connectivity index (χ0n) is 34.2. The molecule has 0 atom stereocenters. The van der Waals surface area contributed by atoms with Crippen molar-refractivity contribution in [2.75, 3.05) is 0 Å². The van der Waals surface area contributed by atoms with Crippen molar-refractivity contribution in [3.63, 3.8) is 0 Å². The van der Waals surface area contributed by atoms with Crippen LogP contribution in [0.4, 0.5) is 0 Å². The van der Waals surface area contributed by atoms with Gasteiger partial charge in [-0.25, -0.2) is 15.0 Å². The highest BCUT2D eigenvalue weighted by molar-refractivity contribution is 7.26. The predicted octanol–water partition coefficient (Wildman–Crippen LogP) is 16.6. The second kappa shape index (κ2) is 13.6. The lowest BCUT2D eigenvalue weighted by Gasteiger charge is -2.16. The van der Waals surface area contributed by atoms with Gasteiger partial charge in [0, 0.05) is 53.0 Å². The van der Waals surface area contributed by atoms with Crippen LogP contribution in [0.2, 0.25) is 0 Å². The van der Waals surface area contributed by atoms with Gasteiger partial charge in [0.25, 0.3) is 0 Å². The average Bonchev–Trinajstić information content (AvgIpc) is 3.92. The maximum absolute atomic E-state index is 6.44. The van der Waals surface area contributed by atoms with E-state index in [4.69, 9.17) is 19.4 Å². The largest absolute Gasteiger partial charge is 0.456 e. The summed E-state index contributed by atoms with van der Waals surface area (Å²) in [4.78, 5) is 16.6. The van der Waals surface area contributed by atoms with E-state index in [2.05, 4.69) is 176 Å². The lowest BCUT2D eigenvalue weighted by atomic mass is 9.89. The van der Waals surface area contributed by atoms with Crippen molar-refractivity contribution in [2.45, 2.75) is 0 Å². The van der Waals surface area contributed by atoms with E-state index in [1.54, 1.807) is 0 Å². The van der Waals surface area contributed by atoms with Crippen LogP contribution in [-0.4, -0.2) is 15.0 Å². The third-order valence-electron chi connectivity index (χ3n) is 13.1. The minimum atomic E-state index is 0.593. The fourth-order valence-electron chi connectivity index (χ4n) is 10.2. The van der Waals surface area contributed by atoms with Crippen molar-refractivity contribution in [1.29, 1.82) is 0 Å². The Bertz CT molecular complexity index is 4250. The summed E-state index contributed by atoms with van der Waals surface area (Å²) < 4.78 is 8.86. The minimum absolute atomic E-state index is 0.593. The molecule has 14 aromatic rings. The van der Waals surface area contributed by atoms with E-state index in [0.717, 1.165) is 55.0 Å². The van der Waals surface area contributed by atoms with Crippen molar-refractivity contribution in [3.05, 3.63) is 200 Å². The van der Waals surface area contributed by atoms with Crippen LogP contribution in [-0.2, 0) is 0 Å². The zero-order valence-corrected chi connectivity index (χ0v) is 35.0. The van der Waals surface area contributed by atoms with Gasteiger partial charge in [-0.2, -0.15) is 0 Å². The first-order valence-electron chi connectivity index (χ1n) is 21.6. The summed E-state index contributed by atoms with van der Waals surface area (Å²) in [5.74, 6) is 1.83. The summed E-state index contributed by atoms with van der Waals surface area (Å²) in [6.07, 6.45) is 0. The molecule has 0 unspecified atom stereocenters. The Morgan fingerprint density at radius 3 is 1.69 bits per heavy atom. The molecule has 11 aromatic carbocycles. The zero-order chi connectivity index (χ0) is 41.9. The first-order chi connectivity index (χ1) is 31.7. The molecular formula is C59H33N3OS. The van der Waals surface area contributed by atoms with E-state index >= 15 is 0 Å². The number of nitrogens with zero attached hydrogens (tertiary/aromatic N) is 3. The van der Waals surface area contributed by atoms with Crippen LogP contribution in [0.15, 0.2) is 205 Å². The topological polar surface area (TPSA) is 51.8 Å². The molecule has 0 amide bonds. The number of rotatable bonds is 4. The molecule has 0 radical (unpaired) electrons. The molecule has 0 fully saturated rings. The number of hydrogen-bond donors (Lipinski definition) is 0. The van der Waals surface area contributed by atoms with Crippen molar-refractivity contribution in [3.8, 4) is 45.3 Å². The summed E-state index contributed by atoms with van der Waals surface area (Å²) in [5.41, 5.74) is 6.76. The standard InChI is InChI=1S/C59H33N3OS/c1-2-15-38-32-51-48(31-37(38)14-1)55-52(64-51)33-47-43-20-6-5-18-41(43)42-19-7-8-21-44(42)54(47)56(55)59-61-57(36-29-27-35(28-30-36)40-23-11-16-34-13-3-4-17-39(34)40)60-58(62-59)46-24-12-26-50-53(46)45-22-9-10-25-49(45)63-50/h1-33H. The first-order valence-corrected chi connectivity index (χ1v) is 22.4. The molecule has 64 heavy (non-hydrogen) atoms. The quantitative estimate of drug-likeness (QED) is 0.166. The molecule has 0 spiro atoms. The van der Waals surface area contributed by atoms with Crippen LogP contribution in [0.5, 0.6) is 0 Å². The summed E-state index contributed by atoms with van der Waals surface area (Å²) in [6, 6.07) is 71.5. The van der Waals surface area contributed by atoms with E-state index < -0.39 is 0 Å². The molecule has 0 aliphatic carbocycles. The molecule has 0 aliphatic heterocycles. The summed E-state index contributed by atoms with van der Waals surface area (Å²) in [6.45, 7) is 0. The van der Waals surface area contributed by atoms with Gasteiger partial charge in [-0.15, -0.1) is 11.3 Å².